The third-order valence-corrected chi connectivity index (χ3v) is 4.13. The molecule has 1 unspecified atom stereocenters. The Hall–Kier alpha value is -2.21. The van der Waals surface area contributed by atoms with Gasteiger partial charge in [-0.25, -0.2) is 0 Å². The molecule has 0 radical (unpaired) electrons. The molecule has 116 valence electrons. The molecule has 3 rings (SSSR count). The molecule has 0 aromatic heterocycles. The van der Waals surface area contributed by atoms with Crippen molar-refractivity contribution in [3.8, 4) is 0 Å². The van der Waals surface area contributed by atoms with Gasteiger partial charge in [0.1, 0.15) is 0 Å². The normalized spacial score (nSPS) is 20.4. The molecule has 6 nitrogen and oxygen atoms in total. The molecule has 1 aromatic carbocycles. The predicted molar refractivity (Wildman–Crippen MR) is 80.5 cm³/mol. The highest BCUT2D eigenvalue weighted by molar-refractivity contribution is 6.21. The molecule has 2 heterocycles. The Labute approximate surface area is 128 Å². The first kappa shape index (κ1) is 14.7. The Morgan fingerprint density at radius 2 is 1.91 bits per heavy atom. The number of hydrogen-bond acceptors (Lipinski definition) is 4. The van der Waals surface area contributed by atoms with Crippen molar-refractivity contribution in [2.24, 2.45) is 0 Å². The van der Waals surface area contributed by atoms with Crippen molar-refractivity contribution in [2.75, 3.05) is 19.6 Å². The molecule has 0 bridgehead atoms. The molecule has 6 heteroatoms. The second kappa shape index (κ2) is 6.27. The molecule has 0 saturated carbocycles. The maximum Gasteiger partial charge on any atom is 0.261 e. The molecule has 0 spiro atoms. The zero-order chi connectivity index (χ0) is 15.5. The molecule has 1 fully saturated rings. The smallest absolute Gasteiger partial charge is 0.261 e. The van der Waals surface area contributed by atoms with Gasteiger partial charge in [-0.05, 0) is 31.5 Å². The largest absolute Gasteiger partial charge is 0.354 e. The number of fused-ring (bicyclic) bond motifs is 1. The zero-order valence-electron chi connectivity index (χ0n) is 12.3. The fraction of sp³-hybridized carbons (Fsp3) is 0.438. The number of carbonyl (C=O) groups is 3. The van der Waals surface area contributed by atoms with Crippen molar-refractivity contribution in [2.45, 2.75) is 25.3 Å². The topological polar surface area (TPSA) is 78.5 Å². The second-order valence-electron chi connectivity index (χ2n) is 5.65. The molecule has 2 aliphatic rings. The van der Waals surface area contributed by atoms with Crippen molar-refractivity contribution < 1.29 is 14.4 Å². The lowest BCUT2D eigenvalue weighted by atomic mass is 10.1. The van der Waals surface area contributed by atoms with Crippen LogP contribution in [0.3, 0.4) is 0 Å². The van der Waals surface area contributed by atoms with E-state index < -0.39 is 0 Å². The first-order chi connectivity index (χ1) is 10.7. The lowest BCUT2D eigenvalue weighted by molar-refractivity contribution is -0.121. The summed E-state index contributed by atoms with van der Waals surface area (Å²) in [5.74, 6) is -0.615. The van der Waals surface area contributed by atoms with Crippen molar-refractivity contribution in [3.63, 3.8) is 0 Å². The van der Waals surface area contributed by atoms with Crippen LogP contribution in [0.4, 0.5) is 0 Å². The average molecular weight is 301 g/mol. The summed E-state index contributed by atoms with van der Waals surface area (Å²) in [6.45, 7) is 1.46. The van der Waals surface area contributed by atoms with Gasteiger partial charge in [0.2, 0.25) is 5.91 Å². The molecular formula is C16H19N3O3. The molecule has 22 heavy (non-hydrogen) atoms. The van der Waals surface area contributed by atoms with Crippen LogP contribution < -0.4 is 10.6 Å². The number of imide groups is 1. The molecule has 0 aliphatic carbocycles. The van der Waals surface area contributed by atoms with Crippen molar-refractivity contribution in [1.29, 1.82) is 0 Å². The highest BCUT2D eigenvalue weighted by Gasteiger charge is 2.34. The molecule has 2 aliphatic heterocycles. The summed E-state index contributed by atoms with van der Waals surface area (Å²) in [4.78, 5) is 37.3. The Balaban J connectivity index is 1.49. The van der Waals surface area contributed by atoms with Crippen LogP contribution in [0.1, 0.15) is 40.0 Å². The van der Waals surface area contributed by atoms with E-state index in [1.54, 1.807) is 24.3 Å². The monoisotopic (exact) mass is 301 g/mol. The van der Waals surface area contributed by atoms with E-state index in [1.807, 2.05) is 0 Å². The molecule has 1 atom stereocenters. The highest BCUT2D eigenvalue weighted by atomic mass is 16.2. The van der Waals surface area contributed by atoms with Crippen LogP contribution >= 0.6 is 0 Å². The predicted octanol–water partition coefficient (Wildman–Crippen LogP) is 0.541. The van der Waals surface area contributed by atoms with Crippen molar-refractivity contribution >= 4 is 17.7 Å². The summed E-state index contributed by atoms with van der Waals surface area (Å²) in [7, 11) is 0. The van der Waals surface area contributed by atoms with Crippen LogP contribution in [-0.2, 0) is 4.79 Å². The van der Waals surface area contributed by atoms with Crippen LogP contribution in [0.15, 0.2) is 24.3 Å². The fourth-order valence-electron chi connectivity index (χ4n) is 2.98. The van der Waals surface area contributed by atoms with E-state index in [2.05, 4.69) is 10.6 Å². The first-order valence-corrected chi connectivity index (χ1v) is 7.62. The number of hydrogen-bond donors (Lipinski definition) is 2. The Kier molecular flexibility index (Phi) is 4.20. The SMILES string of the molecule is O=C(CC1CCCN1)NCCN1C(=O)c2ccccc2C1=O. The van der Waals surface area contributed by atoms with Crippen molar-refractivity contribution in [3.05, 3.63) is 35.4 Å². The van der Waals surface area contributed by atoms with E-state index in [0.717, 1.165) is 19.4 Å². The molecule has 1 saturated heterocycles. The quantitative estimate of drug-likeness (QED) is 0.778. The van der Waals surface area contributed by atoms with Gasteiger partial charge in [0.05, 0.1) is 11.1 Å². The van der Waals surface area contributed by atoms with Gasteiger partial charge in [-0.1, -0.05) is 12.1 Å². The van der Waals surface area contributed by atoms with Gasteiger partial charge in [-0.3, -0.25) is 19.3 Å². The van der Waals surface area contributed by atoms with E-state index in [1.165, 1.54) is 4.90 Å². The molecule has 2 N–H and O–H groups in total. The third-order valence-electron chi connectivity index (χ3n) is 4.13. The van der Waals surface area contributed by atoms with Crippen LogP contribution in [0, 0.1) is 0 Å². The summed E-state index contributed by atoms with van der Waals surface area (Å²) in [5, 5.41) is 6.04. The van der Waals surface area contributed by atoms with Crippen molar-refractivity contribution in [1.82, 2.24) is 15.5 Å². The number of rotatable bonds is 5. The number of amides is 3. The average Bonchev–Trinajstić information content (AvgIpc) is 3.10. The highest BCUT2D eigenvalue weighted by Crippen LogP contribution is 2.21. The minimum atomic E-state index is -0.285. The minimum Gasteiger partial charge on any atom is -0.354 e. The Bertz CT molecular complexity index is 573. The van der Waals surface area contributed by atoms with E-state index >= 15 is 0 Å². The summed E-state index contributed by atoms with van der Waals surface area (Å²) < 4.78 is 0. The maximum atomic E-state index is 12.1. The summed E-state index contributed by atoms with van der Waals surface area (Å²) in [6.07, 6.45) is 2.57. The lowest BCUT2D eigenvalue weighted by Crippen LogP contribution is -2.39. The molecule has 1 aromatic rings. The van der Waals surface area contributed by atoms with Gasteiger partial charge in [0.15, 0.2) is 0 Å². The second-order valence-corrected chi connectivity index (χ2v) is 5.65. The zero-order valence-corrected chi connectivity index (χ0v) is 12.3. The number of benzene rings is 1. The van der Waals surface area contributed by atoms with Gasteiger partial charge in [-0.15, -0.1) is 0 Å². The summed E-state index contributed by atoms with van der Waals surface area (Å²) >= 11 is 0. The van der Waals surface area contributed by atoms with E-state index in [4.69, 9.17) is 0 Å². The van der Waals surface area contributed by atoms with Gasteiger partial charge in [0.25, 0.3) is 11.8 Å². The standard InChI is InChI=1S/C16H19N3O3/c20-14(10-11-4-3-7-17-11)18-8-9-19-15(21)12-5-1-2-6-13(12)16(19)22/h1-2,5-6,11,17H,3-4,7-10H2,(H,18,20). The summed E-state index contributed by atoms with van der Waals surface area (Å²) in [5.41, 5.74) is 0.878. The van der Waals surface area contributed by atoms with Gasteiger partial charge >= 0.3 is 0 Å². The Morgan fingerprint density at radius 1 is 1.23 bits per heavy atom. The first-order valence-electron chi connectivity index (χ1n) is 7.62. The van der Waals surface area contributed by atoms with Gasteiger partial charge in [0, 0.05) is 25.6 Å². The lowest BCUT2D eigenvalue weighted by Gasteiger charge is -2.15. The van der Waals surface area contributed by atoms with Gasteiger partial charge < -0.3 is 10.6 Å². The van der Waals surface area contributed by atoms with E-state index in [-0.39, 0.29) is 36.9 Å². The number of nitrogens with one attached hydrogen (secondary N) is 2. The van der Waals surface area contributed by atoms with Gasteiger partial charge in [-0.2, -0.15) is 0 Å². The summed E-state index contributed by atoms with van der Waals surface area (Å²) in [6, 6.07) is 7.03. The maximum absolute atomic E-state index is 12.1. The fourth-order valence-corrected chi connectivity index (χ4v) is 2.98. The van der Waals surface area contributed by atoms with E-state index in [0.29, 0.717) is 17.5 Å². The van der Waals surface area contributed by atoms with Crippen LogP contribution in [0.5, 0.6) is 0 Å². The Morgan fingerprint density at radius 3 is 2.50 bits per heavy atom. The van der Waals surface area contributed by atoms with E-state index in [9.17, 15) is 14.4 Å². The minimum absolute atomic E-state index is 0.0454. The number of nitrogens with zero attached hydrogens (tertiary/aromatic N) is 1. The van der Waals surface area contributed by atoms with Crippen LogP contribution in [0.2, 0.25) is 0 Å². The number of carbonyl (C=O) groups excluding carboxylic acids is 3. The van der Waals surface area contributed by atoms with Crippen LogP contribution in [-0.4, -0.2) is 48.3 Å². The third kappa shape index (κ3) is 2.87. The molecule has 3 amide bonds. The molecular weight excluding hydrogens is 282 g/mol. The van der Waals surface area contributed by atoms with Crippen LogP contribution in [0.25, 0.3) is 0 Å².